The van der Waals surface area contributed by atoms with Crippen molar-refractivity contribution in [1.29, 1.82) is 0 Å². The third kappa shape index (κ3) is 5.31. The van der Waals surface area contributed by atoms with Gasteiger partial charge in [-0.05, 0) is 66.6 Å². The van der Waals surface area contributed by atoms with Crippen LogP contribution in [0.3, 0.4) is 0 Å². The van der Waals surface area contributed by atoms with E-state index in [1.807, 2.05) is 37.3 Å². The largest absolute Gasteiger partial charge is 0.417 e. The number of aromatic nitrogens is 5. The first-order valence-electron chi connectivity index (χ1n) is 11.6. The molecule has 11 heteroatoms. The lowest BCUT2D eigenvalue weighted by atomic mass is 10.1. The van der Waals surface area contributed by atoms with E-state index in [-0.39, 0.29) is 19.0 Å². The number of hydrogen-bond acceptors (Lipinski definition) is 6. The van der Waals surface area contributed by atoms with Gasteiger partial charge in [-0.15, -0.1) is 0 Å². The number of anilines is 1. The van der Waals surface area contributed by atoms with Crippen LogP contribution in [0.1, 0.15) is 32.7 Å². The Hall–Kier alpha value is -4.80. The van der Waals surface area contributed by atoms with E-state index < -0.39 is 11.7 Å². The first kappa shape index (κ1) is 24.9. The molecule has 0 atom stereocenters. The van der Waals surface area contributed by atoms with Crippen LogP contribution < -0.4 is 5.73 Å². The lowest BCUT2D eigenvalue weighted by Gasteiger charge is -2.23. The van der Waals surface area contributed by atoms with Gasteiger partial charge in [0, 0.05) is 23.7 Å². The maximum absolute atomic E-state index is 13.7. The zero-order valence-corrected chi connectivity index (χ0v) is 20.2. The van der Waals surface area contributed by atoms with Gasteiger partial charge in [0.15, 0.2) is 0 Å². The van der Waals surface area contributed by atoms with Crippen molar-refractivity contribution in [3.8, 4) is 5.69 Å². The zero-order chi connectivity index (χ0) is 26.9. The summed E-state index contributed by atoms with van der Waals surface area (Å²) in [4.78, 5) is 27.6. The van der Waals surface area contributed by atoms with Crippen LogP contribution in [0.4, 0.5) is 19.0 Å². The lowest BCUT2D eigenvalue weighted by Crippen LogP contribution is -2.30. The van der Waals surface area contributed by atoms with E-state index in [0.717, 1.165) is 34.5 Å². The minimum atomic E-state index is -4.50. The molecule has 0 aliphatic carbocycles. The molecule has 0 radical (unpaired) electrons. The summed E-state index contributed by atoms with van der Waals surface area (Å²) in [5, 5.41) is 4.89. The molecule has 38 heavy (non-hydrogen) atoms. The number of nitrogens with zero attached hydrogens (tertiary/aromatic N) is 6. The smallest absolute Gasteiger partial charge is 0.383 e. The Balaban J connectivity index is 1.48. The molecule has 0 aliphatic heterocycles. The van der Waals surface area contributed by atoms with Crippen LogP contribution in [-0.4, -0.2) is 35.5 Å². The molecule has 8 nitrogen and oxygen atoms in total. The zero-order valence-electron chi connectivity index (χ0n) is 20.2. The van der Waals surface area contributed by atoms with E-state index in [0.29, 0.717) is 22.6 Å². The molecule has 0 bridgehead atoms. The number of aryl methyl sites for hydroxylation is 1. The first-order chi connectivity index (χ1) is 18.2. The maximum atomic E-state index is 13.7. The highest BCUT2D eigenvalue weighted by molar-refractivity contribution is 5.98. The van der Waals surface area contributed by atoms with Gasteiger partial charge in [0.2, 0.25) is 0 Å². The van der Waals surface area contributed by atoms with E-state index in [2.05, 4.69) is 20.1 Å². The van der Waals surface area contributed by atoms with Gasteiger partial charge in [-0.1, -0.05) is 12.1 Å². The van der Waals surface area contributed by atoms with Gasteiger partial charge >= 0.3 is 6.18 Å². The number of benzene rings is 2. The molecule has 192 valence electrons. The number of amides is 1. The summed E-state index contributed by atoms with van der Waals surface area (Å²) in [6.07, 6.45) is -0.740. The van der Waals surface area contributed by atoms with Crippen molar-refractivity contribution < 1.29 is 18.0 Å². The summed E-state index contributed by atoms with van der Waals surface area (Å²) in [5.41, 5.74) is 8.79. The van der Waals surface area contributed by atoms with Gasteiger partial charge < -0.3 is 10.6 Å². The van der Waals surface area contributed by atoms with Crippen LogP contribution in [0.2, 0.25) is 0 Å². The number of hydrogen-bond donors (Lipinski definition) is 1. The SMILES string of the molecule is Cc1cc2cc(C(=O)N(Cc3cccc(-n4cncn4)c3)Cc3ccc(C(F)(F)F)cn3)ccc2nc1N. The molecule has 0 fully saturated rings. The average Bonchev–Trinajstić information content (AvgIpc) is 3.44. The fourth-order valence-electron chi connectivity index (χ4n) is 4.05. The molecule has 0 spiro atoms. The van der Waals surface area contributed by atoms with E-state index in [9.17, 15) is 18.0 Å². The minimum Gasteiger partial charge on any atom is -0.383 e. The fourth-order valence-corrected chi connectivity index (χ4v) is 4.05. The number of rotatable bonds is 6. The Morgan fingerprint density at radius 1 is 1.05 bits per heavy atom. The lowest BCUT2D eigenvalue weighted by molar-refractivity contribution is -0.137. The number of nitrogen functional groups attached to an aromatic ring is 1. The molecule has 0 saturated heterocycles. The van der Waals surface area contributed by atoms with Crippen LogP contribution >= 0.6 is 0 Å². The molecule has 5 rings (SSSR count). The molecule has 3 heterocycles. The van der Waals surface area contributed by atoms with Gasteiger partial charge in [-0.2, -0.15) is 18.3 Å². The molecular weight excluding hydrogens is 495 g/mol. The van der Waals surface area contributed by atoms with Crippen molar-refractivity contribution in [2.24, 2.45) is 0 Å². The van der Waals surface area contributed by atoms with E-state index in [1.54, 1.807) is 29.2 Å². The van der Waals surface area contributed by atoms with Crippen molar-refractivity contribution in [3.05, 3.63) is 107 Å². The predicted octanol–water partition coefficient (Wildman–Crippen LogP) is 4.96. The van der Waals surface area contributed by atoms with Crippen molar-refractivity contribution in [3.63, 3.8) is 0 Å². The summed E-state index contributed by atoms with van der Waals surface area (Å²) in [5.74, 6) is 0.105. The van der Waals surface area contributed by atoms with Crippen molar-refractivity contribution in [1.82, 2.24) is 29.6 Å². The Bertz CT molecular complexity index is 1600. The summed E-state index contributed by atoms with van der Waals surface area (Å²) >= 11 is 0. The molecule has 2 aromatic carbocycles. The molecular formula is C27H22F3N7O. The number of carbonyl (C=O) groups excluding carboxylic acids is 1. The summed E-state index contributed by atoms with van der Waals surface area (Å²) in [6.45, 7) is 2.02. The van der Waals surface area contributed by atoms with Gasteiger partial charge in [0.25, 0.3) is 5.91 Å². The van der Waals surface area contributed by atoms with Crippen molar-refractivity contribution >= 4 is 22.6 Å². The second-order valence-corrected chi connectivity index (χ2v) is 8.81. The Morgan fingerprint density at radius 3 is 2.61 bits per heavy atom. The van der Waals surface area contributed by atoms with Crippen molar-refractivity contribution in [2.75, 3.05) is 5.73 Å². The van der Waals surface area contributed by atoms with Crippen LogP contribution in [-0.2, 0) is 19.3 Å². The second kappa shape index (κ2) is 9.92. The van der Waals surface area contributed by atoms with Crippen molar-refractivity contribution in [2.45, 2.75) is 26.2 Å². The highest BCUT2D eigenvalue weighted by Crippen LogP contribution is 2.29. The number of nitrogens with two attached hydrogens (primary N) is 1. The van der Waals surface area contributed by atoms with E-state index in [1.165, 1.54) is 17.3 Å². The number of halogens is 3. The third-order valence-corrected chi connectivity index (χ3v) is 6.05. The molecule has 0 saturated carbocycles. The molecule has 0 unspecified atom stereocenters. The topological polar surface area (TPSA) is 103 Å². The molecule has 2 N–H and O–H groups in total. The van der Waals surface area contributed by atoms with Crippen LogP contribution in [0.25, 0.3) is 16.6 Å². The third-order valence-electron chi connectivity index (χ3n) is 6.05. The Kier molecular flexibility index (Phi) is 6.50. The summed E-state index contributed by atoms with van der Waals surface area (Å²) < 4.78 is 40.7. The summed E-state index contributed by atoms with van der Waals surface area (Å²) in [7, 11) is 0. The monoisotopic (exact) mass is 517 g/mol. The Labute approximate surface area is 215 Å². The molecule has 3 aromatic heterocycles. The summed E-state index contributed by atoms with van der Waals surface area (Å²) in [6, 6.07) is 16.6. The average molecular weight is 518 g/mol. The molecule has 5 aromatic rings. The van der Waals surface area contributed by atoms with Gasteiger partial charge in [-0.3, -0.25) is 9.78 Å². The van der Waals surface area contributed by atoms with Gasteiger partial charge in [0.05, 0.1) is 29.0 Å². The number of pyridine rings is 2. The minimum absolute atomic E-state index is 0.00156. The number of fused-ring (bicyclic) bond motifs is 1. The molecule has 0 aliphatic rings. The fraction of sp³-hybridized carbons (Fsp3) is 0.148. The predicted molar refractivity (Wildman–Crippen MR) is 135 cm³/mol. The second-order valence-electron chi connectivity index (χ2n) is 8.81. The van der Waals surface area contributed by atoms with Crippen LogP contribution in [0, 0.1) is 6.92 Å². The highest BCUT2D eigenvalue weighted by atomic mass is 19.4. The maximum Gasteiger partial charge on any atom is 0.417 e. The number of alkyl halides is 3. The Morgan fingerprint density at radius 2 is 1.89 bits per heavy atom. The first-order valence-corrected chi connectivity index (χ1v) is 11.6. The van der Waals surface area contributed by atoms with Gasteiger partial charge in [-0.25, -0.2) is 14.6 Å². The quantitative estimate of drug-likeness (QED) is 0.342. The van der Waals surface area contributed by atoms with Crippen LogP contribution in [0.15, 0.2) is 79.5 Å². The van der Waals surface area contributed by atoms with Crippen LogP contribution in [0.5, 0.6) is 0 Å². The number of carbonyl (C=O) groups is 1. The van der Waals surface area contributed by atoms with E-state index in [4.69, 9.17) is 5.73 Å². The molecule has 1 amide bonds. The normalized spacial score (nSPS) is 11.6. The van der Waals surface area contributed by atoms with E-state index >= 15 is 0 Å². The highest BCUT2D eigenvalue weighted by Gasteiger charge is 2.30. The standard InChI is InChI=1S/C27H22F3N7O/c1-17-9-20-11-19(5-8-24(20)35-25(17)31)26(38)36(14-22-7-6-21(12-33-22)27(28,29)30)13-18-3-2-4-23(10-18)37-16-32-15-34-37/h2-12,15-16H,13-14H2,1H3,(H2,31,35). The van der Waals surface area contributed by atoms with Gasteiger partial charge in [0.1, 0.15) is 18.5 Å².